The lowest BCUT2D eigenvalue weighted by atomic mass is 9.94. The summed E-state index contributed by atoms with van der Waals surface area (Å²) < 4.78 is 0. The minimum Gasteiger partial charge on any atom is -0.299 e. The Hall–Kier alpha value is -0.790. The van der Waals surface area contributed by atoms with Crippen LogP contribution >= 0.6 is 23.2 Å². The summed E-state index contributed by atoms with van der Waals surface area (Å²) in [5, 5.41) is 1.18. The fourth-order valence-electron chi connectivity index (χ4n) is 2.26. The fourth-order valence-corrected chi connectivity index (χ4v) is 2.73. The minimum atomic E-state index is 0.229. The van der Waals surface area contributed by atoms with Gasteiger partial charge in [-0.2, -0.15) is 0 Å². The molecule has 18 heavy (non-hydrogen) atoms. The standard InChI is InChI=1S/C15H16Cl2O/c16-13-7-6-12(15(17)10-13)9-14(18)8-11-4-2-1-3-5-11/h4,6-7,10H,1-3,5,8-9H2. The Morgan fingerprint density at radius 1 is 1.17 bits per heavy atom. The number of Topliss-reactive ketones (excluding diaryl/α,β-unsaturated/α-hetero) is 1. The van der Waals surface area contributed by atoms with E-state index in [4.69, 9.17) is 23.2 Å². The molecule has 1 nitrogen and oxygen atoms in total. The van der Waals surface area contributed by atoms with Crippen LogP contribution in [0, 0.1) is 0 Å². The third-order valence-corrected chi connectivity index (χ3v) is 3.80. The molecule has 0 saturated heterocycles. The van der Waals surface area contributed by atoms with Gasteiger partial charge in [0.2, 0.25) is 0 Å². The minimum absolute atomic E-state index is 0.229. The molecule has 1 aliphatic rings. The third-order valence-electron chi connectivity index (χ3n) is 3.21. The van der Waals surface area contributed by atoms with Crippen molar-refractivity contribution in [1.82, 2.24) is 0 Å². The smallest absolute Gasteiger partial charge is 0.141 e. The monoisotopic (exact) mass is 282 g/mol. The van der Waals surface area contributed by atoms with Crippen molar-refractivity contribution in [3.63, 3.8) is 0 Å². The highest BCUT2D eigenvalue weighted by Crippen LogP contribution is 2.24. The average molecular weight is 283 g/mol. The number of ketones is 1. The van der Waals surface area contributed by atoms with Crippen LogP contribution in [0.15, 0.2) is 29.8 Å². The molecule has 0 radical (unpaired) electrons. The van der Waals surface area contributed by atoms with Crippen molar-refractivity contribution in [1.29, 1.82) is 0 Å². The first-order valence-corrected chi connectivity index (χ1v) is 7.04. The maximum absolute atomic E-state index is 12.0. The van der Waals surface area contributed by atoms with Crippen molar-refractivity contribution >= 4 is 29.0 Å². The van der Waals surface area contributed by atoms with Gasteiger partial charge in [0.05, 0.1) is 0 Å². The number of hydrogen-bond donors (Lipinski definition) is 0. The first kappa shape index (κ1) is 13.6. The highest BCUT2D eigenvalue weighted by Gasteiger charge is 2.11. The molecule has 0 aliphatic heterocycles. The van der Waals surface area contributed by atoms with Gasteiger partial charge in [-0.1, -0.05) is 40.9 Å². The van der Waals surface area contributed by atoms with Gasteiger partial charge in [0.1, 0.15) is 5.78 Å². The molecule has 0 amide bonds. The maximum Gasteiger partial charge on any atom is 0.141 e. The van der Waals surface area contributed by atoms with Gasteiger partial charge in [-0.3, -0.25) is 4.79 Å². The molecule has 1 aromatic rings. The Kier molecular flexibility index (Phi) is 4.85. The summed E-state index contributed by atoms with van der Waals surface area (Å²) in [6.07, 6.45) is 7.82. The Morgan fingerprint density at radius 3 is 2.67 bits per heavy atom. The Balaban J connectivity index is 1.96. The molecule has 2 rings (SSSR count). The molecule has 0 fully saturated rings. The molecular formula is C15H16Cl2O. The first-order chi connectivity index (χ1) is 8.65. The zero-order valence-electron chi connectivity index (χ0n) is 10.2. The number of benzene rings is 1. The van der Waals surface area contributed by atoms with Crippen molar-refractivity contribution in [2.75, 3.05) is 0 Å². The first-order valence-electron chi connectivity index (χ1n) is 6.28. The number of halogens is 2. The van der Waals surface area contributed by atoms with Crippen LogP contribution in [0.5, 0.6) is 0 Å². The lowest BCUT2D eigenvalue weighted by Crippen LogP contribution is -2.06. The number of carbonyl (C=O) groups is 1. The molecule has 0 unspecified atom stereocenters. The van der Waals surface area contributed by atoms with Crippen LogP contribution < -0.4 is 0 Å². The molecule has 0 atom stereocenters. The highest BCUT2D eigenvalue weighted by atomic mass is 35.5. The van der Waals surface area contributed by atoms with Gasteiger partial charge in [-0.05, 0) is 43.4 Å². The van der Waals surface area contributed by atoms with Gasteiger partial charge in [0.25, 0.3) is 0 Å². The van der Waals surface area contributed by atoms with Gasteiger partial charge in [-0.15, -0.1) is 0 Å². The van der Waals surface area contributed by atoms with Gasteiger partial charge in [0, 0.05) is 22.9 Å². The van der Waals surface area contributed by atoms with E-state index in [-0.39, 0.29) is 5.78 Å². The molecule has 0 aromatic heterocycles. The summed E-state index contributed by atoms with van der Waals surface area (Å²) in [7, 11) is 0. The highest BCUT2D eigenvalue weighted by molar-refractivity contribution is 6.35. The van der Waals surface area contributed by atoms with Gasteiger partial charge < -0.3 is 0 Å². The van der Waals surface area contributed by atoms with Gasteiger partial charge in [0.15, 0.2) is 0 Å². The van der Waals surface area contributed by atoms with Crippen LogP contribution in [0.1, 0.15) is 37.7 Å². The molecule has 1 aromatic carbocycles. The van der Waals surface area contributed by atoms with Crippen molar-refractivity contribution in [2.45, 2.75) is 38.5 Å². The molecule has 1 aliphatic carbocycles. The summed E-state index contributed by atoms with van der Waals surface area (Å²) in [6, 6.07) is 5.29. The predicted molar refractivity (Wildman–Crippen MR) is 76.3 cm³/mol. The van der Waals surface area contributed by atoms with Crippen molar-refractivity contribution in [3.8, 4) is 0 Å². The van der Waals surface area contributed by atoms with E-state index in [1.54, 1.807) is 12.1 Å². The zero-order chi connectivity index (χ0) is 13.0. The lowest BCUT2D eigenvalue weighted by molar-refractivity contribution is -0.117. The summed E-state index contributed by atoms with van der Waals surface area (Å²) in [6.45, 7) is 0. The number of rotatable bonds is 4. The number of hydrogen-bond acceptors (Lipinski definition) is 1. The Labute approximate surface area is 118 Å². The van der Waals surface area contributed by atoms with Crippen LogP contribution in [0.25, 0.3) is 0 Å². The maximum atomic E-state index is 12.0. The molecule has 3 heteroatoms. The van der Waals surface area contributed by atoms with Crippen LogP contribution in [0.4, 0.5) is 0 Å². The Bertz CT molecular complexity index is 477. The van der Waals surface area contributed by atoms with E-state index in [2.05, 4.69) is 6.08 Å². The summed E-state index contributed by atoms with van der Waals surface area (Å²) >= 11 is 11.9. The molecular weight excluding hydrogens is 267 g/mol. The molecule has 96 valence electrons. The van der Waals surface area contributed by atoms with Crippen LogP contribution in [0.2, 0.25) is 10.0 Å². The molecule has 0 heterocycles. The second-order valence-electron chi connectivity index (χ2n) is 4.74. The molecule has 0 N–H and O–H groups in total. The van der Waals surface area contributed by atoms with E-state index in [0.717, 1.165) is 18.4 Å². The number of allylic oxidation sites excluding steroid dienone is 2. The average Bonchev–Trinajstić information content (AvgIpc) is 2.34. The predicted octanol–water partition coefficient (Wildman–Crippen LogP) is 5.00. The van der Waals surface area contributed by atoms with E-state index >= 15 is 0 Å². The van der Waals surface area contributed by atoms with Crippen molar-refractivity contribution in [2.24, 2.45) is 0 Å². The summed E-state index contributed by atoms with van der Waals surface area (Å²) in [5.74, 6) is 0.229. The topological polar surface area (TPSA) is 17.1 Å². The summed E-state index contributed by atoms with van der Waals surface area (Å²) in [4.78, 5) is 12.0. The molecule has 0 spiro atoms. The zero-order valence-corrected chi connectivity index (χ0v) is 11.7. The van der Waals surface area contributed by atoms with Crippen molar-refractivity contribution in [3.05, 3.63) is 45.5 Å². The van der Waals surface area contributed by atoms with Crippen LogP contribution in [-0.4, -0.2) is 5.78 Å². The largest absolute Gasteiger partial charge is 0.299 e. The van der Waals surface area contributed by atoms with E-state index in [1.165, 1.54) is 18.4 Å². The second-order valence-corrected chi connectivity index (χ2v) is 5.58. The van der Waals surface area contributed by atoms with E-state index in [0.29, 0.717) is 22.9 Å². The van der Waals surface area contributed by atoms with Crippen LogP contribution in [0.3, 0.4) is 0 Å². The number of carbonyl (C=O) groups excluding carboxylic acids is 1. The normalized spacial score (nSPS) is 15.3. The van der Waals surface area contributed by atoms with Gasteiger partial charge in [-0.25, -0.2) is 0 Å². The lowest BCUT2D eigenvalue weighted by Gasteiger charge is -2.12. The second kappa shape index (κ2) is 6.40. The van der Waals surface area contributed by atoms with Crippen molar-refractivity contribution < 1.29 is 4.79 Å². The van der Waals surface area contributed by atoms with E-state index in [9.17, 15) is 4.79 Å². The quantitative estimate of drug-likeness (QED) is 0.711. The van der Waals surface area contributed by atoms with Gasteiger partial charge >= 0.3 is 0 Å². The Morgan fingerprint density at radius 2 is 2.00 bits per heavy atom. The van der Waals surface area contributed by atoms with E-state index < -0.39 is 0 Å². The fraction of sp³-hybridized carbons (Fsp3) is 0.400. The van der Waals surface area contributed by atoms with Crippen LogP contribution in [-0.2, 0) is 11.2 Å². The third kappa shape index (κ3) is 3.86. The SMILES string of the molecule is O=C(CC1=CCCCC1)Cc1ccc(Cl)cc1Cl. The van der Waals surface area contributed by atoms with E-state index in [1.807, 2.05) is 6.07 Å². The molecule has 0 bridgehead atoms. The molecule has 0 saturated carbocycles. The summed E-state index contributed by atoms with van der Waals surface area (Å²) in [5.41, 5.74) is 2.15.